The lowest BCUT2D eigenvalue weighted by Crippen LogP contribution is -2.29. The van der Waals surface area contributed by atoms with E-state index in [1.165, 1.54) is 7.11 Å². The monoisotopic (exact) mass is 299 g/mol. The van der Waals surface area contributed by atoms with E-state index < -0.39 is 0 Å². The van der Waals surface area contributed by atoms with Gasteiger partial charge in [-0.2, -0.15) is 0 Å². The molecule has 0 bridgehead atoms. The summed E-state index contributed by atoms with van der Waals surface area (Å²) in [5.41, 5.74) is 3.32. The van der Waals surface area contributed by atoms with Gasteiger partial charge in [0, 0.05) is 0 Å². The van der Waals surface area contributed by atoms with Crippen LogP contribution in [0, 0.1) is 6.92 Å². The average Bonchev–Trinajstić information content (AvgIpc) is 2.56. The van der Waals surface area contributed by atoms with Crippen LogP contribution in [0.4, 0.5) is 0 Å². The molecule has 4 nitrogen and oxygen atoms in total. The third-order valence-corrected chi connectivity index (χ3v) is 3.60. The number of rotatable bonds is 6. The average molecular weight is 299 g/mol. The maximum absolute atomic E-state index is 11.5. The summed E-state index contributed by atoms with van der Waals surface area (Å²) in [6.07, 6.45) is 0. The van der Waals surface area contributed by atoms with Gasteiger partial charge in [0.05, 0.1) is 26.8 Å². The summed E-state index contributed by atoms with van der Waals surface area (Å²) in [5.74, 6) is 0.498. The molecular weight excluding hydrogens is 278 g/mol. The van der Waals surface area contributed by atoms with Gasteiger partial charge in [-0.1, -0.05) is 36.4 Å². The Hall–Kier alpha value is -2.33. The standard InChI is InChI=1S/C18H21NO3/c1-13-7-4-5-10-16(13)18(19-12-17(20)22-3)14-8-6-9-15(11-14)21-2/h4-11,18-19H,12H2,1-3H3. The van der Waals surface area contributed by atoms with Crippen LogP contribution in [0.5, 0.6) is 5.75 Å². The van der Waals surface area contributed by atoms with Gasteiger partial charge in [0.25, 0.3) is 0 Å². The van der Waals surface area contributed by atoms with Gasteiger partial charge in [0.1, 0.15) is 5.75 Å². The molecule has 0 aliphatic rings. The van der Waals surface area contributed by atoms with Crippen molar-refractivity contribution in [1.29, 1.82) is 0 Å². The van der Waals surface area contributed by atoms with Crippen LogP contribution in [0.2, 0.25) is 0 Å². The van der Waals surface area contributed by atoms with Gasteiger partial charge in [-0.25, -0.2) is 0 Å². The van der Waals surface area contributed by atoms with Crippen molar-refractivity contribution in [2.24, 2.45) is 0 Å². The number of aryl methyl sites for hydroxylation is 1. The molecule has 0 aliphatic carbocycles. The molecule has 1 unspecified atom stereocenters. The van der Waals surface area contributed by atoms with E-state index in [-0.39, 0.29) is 18.6 Å². The van der Waals surface area contributed by atoms with Gasteiger partial charge < -0.3 is 9.47 Å². The Morgan fingerprint density at radius 1 is 1.14 bits per heavy atom. The molecule has 2 aromatic rings. The first-order valence-electron chi connectivity index (χ1n) is 7.15. The summed E-state index contributed by atoms with van der Waals surface area (Å²) in [5, 5.41) is 3.27. The molecule has 0 amide bonds. The van der Waals surface area contributed by atoms with Crippen molar-refractivity contribution in [3.63, 3.8) is 0 Å². The minimum absolute atomic E-state index is 0.101. The molecule has 1 atom stereocenters. The van der Waals surface area contributed by atoms with Crippen LogP contribution in [0.15, 0.2) is 48.5 Å². The third-order valence-electron chi connectivity index (χ3n) is 3.60. The Balaban J connectivity index is 2.36. The number of benzene rings is 2. The van der Waals surface area contributed by atoms with Gasteiger partial charge in [-0.05, 0) is 35.7 Å². The first-order chi connectivity index (χ1) is 10.7. The first-order valence-corrected chi connectivity index (χ1v) is 7.15. The van der Waals surface area contributed by atoms with E-state index in [2.05, 4.69) is 24.4 Å². The number of hydrogen-bond donors (Lipinski definition) is 1. The largest absolute Gasteiger partial charge is 0.497 e. The number of methoxy groups -OCH3 is 2. The topological polar surface area (TPSA) is 47.6 Å². The molecule has 0 saturated heterocycles. The zero-order valence-electron chi connectivity index (χ0n) is 13.1. The van der Waals surface area contributed by atoms with Crippen molar-refractivity contribution < 1.29 is 14.3 Å². The number of ether oxygens (including phenoxy) is 2. The molecule has 0 fully saturated rings. The molecular formula is C18H21NO3. The van der Waals surface area contributed by atoms with Crippen molar-refractivity contribution in [3.05, 3.63) is 65.2 Å². The molecule has 116 valence electrons. The van der Waals surface area contributed by atoms with Gasteiger partial charge in [-0.15, -0.1) is 0 Å². The molecule has 22 heavy (non-hydrogen) atoms. The van der Waals surface area contributed by atoms with E-state index in [4.69, 9.17) is 9.47 Å². The fraction of sp³-hybridized carbons (Fsp3) is 0.278. The Morgan fingerprint density at radius 2 is 1.91 bits per heavy atom. The Morgan fingerprint density at radius 3 is 2.59 bits per heavy atom. The van der Waals surface area contributed by atoms with Crippen molar-refractivity contribution in [1.82, 2.24) is 5.32 Å². The first kappa shape index (κ1) is 16.0. The van der Waals surface area contributed by atoms with Crippen molar-refractivity contribution in [2.45, 2.75) is 13.0 Å². The van der Waals surface area contributed by atoms with Gasteiger partial charge >= 0.3 is 5.97 Å². The van der Waals surface area contributed by atoms with Crippen molar-refractivity contribution in [3.8, 4) is 5.75 Å². The summed E-state index contributed by atoms with van der Waals surface area (Å²) in [4.78, 5) is 11.5. The van der Waals surface area contributed by atoms with Crippen LogP contribution in [0.25, 0.3) is 0 Å². The fourth-order valence-corrected chi connectivity index (χ4v) is 2.40. The SMILES string of the molecule is COC(=O)CNC(c1cccc(OC)c1)c1ccccc1C. The van der Waals surface area contributed by atoms with Gasteiger partial charge in [0.2, 0.25) is 0 Å². The number of nitrogens with one attached hydrogen (secondary N) is 1. The van der Waals surface area contributed by atoms with Crippen molar-refractivity contribution in [2.75, 3.05) is 20.8 Å². The molecule has 4 heteroatoms. The minimum Gasteiger partial charge on any atom is -0.497 e. The highest BCUT2D eigenvalue weighted by atomic mass is 16.5. The van der Waals surface area contributed by atoms with E-state index in [0.29, 0.717) is 0 Å². The zero-order chi connectivity index (χ0) is 15.9. The second-order valence-corrected chi connectivity index (χ2v) is 5.02. The predicted octanol–water partition coefficient (Wildman–Crippen LogP) is 2.86. The maximum Gasteiger partial charge on any atom is 0.319 e. The van der Waals surface area contributed by atoms with Crippen molar-refractivity contribution >= 4 is 5.97 Å². The number of esters is 1. The minimum atomic E-state index is -0.290. The van der Waals surface area contributed by atoms with Crippen LogP contribution < -0.4 is 10.1 Å². The smallest absolute Gasteiger partial charge is 0.319 e. The number of carbonyl (C=O) groups is 1. The number of hydrogen-bond acceptors (Lipinski definition) is 4. The normalized spacial score (nSPS) is 11.8. The molecule has 0 aromatic heterocycles. The van der Waals surface area contributed by atoms with Crippen LogP contribution in [0.3, 0.4) is 0 Å². The van der Waals surface area contributed by atoms with E-state index in [1.807, 2.05) is 36.4 Å². The van der Waals surface area contributed by atoms with E-state index in [9.17, 15) is 4.79 Å². The number of carbonyl (C=O) groups excluding carboxylic acids is 1. The van der Waals surface area contributed by atoms with Crippen LogP contribution in [0.1, 0.15) is 22.7 Å². The molecule has 0 heterocycles. The van der Waals surface area contributed by atoms with E-state index in [1.54, 1.807) is 7.11 Å². The van der Waals surface area contributed by atoms with Gasteiger partial charge in [0.15, 0.2) is 0 Å². The molecule has 0 aliphatic heterocycles. The molecule has 2 aromatic carbocycles. The second kappa shape index (κ2) is 7.61. The van der Waals surface area contributed by atoms with E-state index >= 15 is 0 Å². The third kappa shape index (κ3) is 3.86. The summed E-state index contributed by atoms with van der Waals surface area (Å²) in [6.45, 7) is 2.20. The highest BCUT2D eigenvalue weighted by Crippen LogP contribution is 2.27. The van der Waals surface area contributed by atoms with Crippen LogP contribution >= 0.6 is 0 Å². The highest BCUT2D eigenvalue weighted by molar-refractivity contribution is 5.71. The maximum atomic E-state index is 11.5. The zero-order valence-corrected chi connectivity index (χ0v) is 13.1. The van der Waals surface area contributed by atoms with Crippen LogP contribution in [-0.2, 0) is 9.53 Å². The van der Waals surface area contributed by atoms with Crippen LogP contribution in [-0.4, -0.2) is 26.7 Å². The highest BCUT2D eigenvalue weighted by Gasteiger charge is 2.17. The molecule has 0 saturated carbocycles. The summed E-state index contributed by atoms with van der Waals surface area (Å²) < 4.78 is 10.0. The lowest BCUT2D eigenvalue weighted by molar-refractivity contribution is -0.139. The molecule has 2 rings (SSSR count). The molecule has 0 spiro atoms. The Labute approximate surface area is 131 Å². The van der Waals surface area contributed by atoms with Gasteiger partial charge in [-0.3, -0.25) is 10.1 Å². The summed E-state index contributed by atoms with van der Waals surface area (Å²) in [6, 6.07) is 15.8. The Bertz CT molecular complexity index is 640. The lowest BCUT2D eigenvalue weighted by Gasteiger charge is -2.21. The van der Waals surface area contributed by atoms with E-state index in [0.717, 1.165) is 22.4 Å². The lowest BCUT2D eigenvalue weighted by atomic mass is 9.95. The fourth-order valence-electron chi connectivity index (χ4n) is 2.40. The molecule has 1 N–H and O–H groups in total. The quantitative estimate of drug-likeness (QED) is 0.833. The summed E-state index contributed by atoms with van der Waals surface area (Å²) >= 11 is 0. The predicted molar refractivity (Wildman–Crippen MR) is 86.0 cm³/mol. The molecule has 0 radical (unpaired) electrons. The summed E-state index contributed by atoms with van der Waals surface area (Å²) in [7, 11) is 3.03. The second-order valence-electron chi connectivity index (χ2n) is 5.02. The Kier molecular flexibility index (Phi) is 5.55.